The molecule has 1 aliphatic rings. The van der Waals surface area contributed by atoms with E-state index in [1.165, 1.54) is 4.90 Å². The summed E-state index contributed by atoms with van der Waals surface area (Å²) < 4.78 is 0. The summed E-state index contributed by atoms with van der Waals surface area (Å²) in [5.41, 5.74) is 0. The van der Waals surface area contributed by atoms with Gasteiger partial charge in [-0.05, 0) is 0 Å². The molecule has 0 radical (unpaired) electrons. The van der Waals surface area contributed by atoms with Crippen molar-refractivity contribution in [1.29, 1.82) is 5.26 Å². The van der Waals surface area contributed by atoms with Gasteiger partial charge in [-0.15, -0.1) is 0 Å². The normalized spacial score (nSPS) is 19.7. The first-order chi connectivity index (χ1) is 8.54. The fourth-order valence-electron chi connectivity index (χ4n) is 1.72. The lowest BCUT2D eigenvalue weighted by molar-refractivity contribution is -0.144. The number of carboxylic acid groups (broad SMARTS) is 1. The number of carboxylic acids is 1. The van der Waals surface area contributed by atoms with Crippen molar-refractivity contribution in [2.75, 3.05) is 26.2 Å². The third-order valence-corrected chi connectivity index (χ3v) is 2.52. The molecule has 0 aliphatic carbocycles. The van der Waals surface area contributed by atoms with Crippen LogP contribution in [0.3, 0.4) is 0 Å². The van der Waals surface area contributed by atoms with Crippen LogP contribution in [0.1, 0.15) is 6.42 Å². The molecule has 1 atom stereocenters. The van der Waals surface area contributed by atoms with Gasteiger partial charge in [-0.2, -0.15) is 5.26 Å². The van der Waals surface area contributed by atoms with Crippen LogP contribution >= 0.6 is 0 Å². The minimum atomic E-state index is -1.10. The SMILES string of the molecule is N#CCNC(=O)CN1CCNC(=O)C1CC(=O)O. The number of nitriles is 1. The van der Waals surface area contributed by atoms with E-state index in [9.17, 15) is 14.4 Å². The van der Waals surface area contributed by atoms with Crippen LogP contribution in [0.5, 0.6) is 0 Å². The predicted octanol–water partition coefficient (Wildman–Crippen LogP) is -2.10. The van der Waals surface area contributed by atoms with Crippen LogP contribution in [0.15, 0.2) is 0 Å². The molecule has 1 heterocycles. The quantitative estimate of drug-likeness (QED) is 0.483. The lowest BCUT2D eigenvalue weighted by atomic mass is 10.1. The second-order valence-corrected chi connectivity index (χ2v) is 3.81. The van der Waals surface area contributed by atoms with Gasteiger partial charge in [0.2, 0.25) is 11.8 Å². The van der Waals surface area contributed by atoms with Gasteiger partial charge in [0.25, 0.3) is 0 Å². The lowest BCUT2D eigenvalue weighted by Crippen LogP contribution is -2.57. The molecule has 0 spiro atoms. The van der Waals surface area contributed by atoms with E-state index in [-0.39, 0.29) is 19.5 Å². The average molecular weight is 254 g/mol. The highest BCUT2D eigenvalue weighted by Crippen LogP contribution is 2.08. The minimum absolute atomic E-state index is 0.0902. The van der Waals surface area contributed by atoms with Crippen LogP contribution in [0, 0.1) is 11.3 Å². The van der Waals surface area contributed by atoms with E-state index >= 15 is 0 Å². The number of piperazine rings is 1. The number of carbonyl (C=O) groups excluding carboxylic acids is 2. The van der Waals surface area contributed by atoms with Crippen molar-refractivity contribution in [2.45, 2.75) is 12.5 Å². The van der Waals surface area contributed by atoms with E-state index in [4.69, 9.17) is 10.4 Å². The van der Waals surface area contributed by atoms with Crippen molar-refractivity contribution in [2.24, 2.45) is 0 Å². The number of rotatable bonds is 5. The summed E-state index contributed by atoms with van der Waals surface area (Å²) in [4.78, 5) is 35.1. The van der Waals surface area contributed by atoms with Crippen molar-refractivity contribution in [3.05, 3.63) is 0 Å². The van der Waals surface area contributed by atoms with Crippen molar-refractivity contribution in [3.8, 4) is 6.07 Å². The van der Waals surface area contributed by atoms with Crippen LogP contribution in [-0.4, -0.2) is 60.0 Å². The number of carbonyl (C=O) groups is 3. The molecule has 1 rings (SSSR count). The summed E-state index contributed by atoms with van der Waals surface area (Å²) in [5, 5.41) is 21.9. The highest BCUT2D eigenvalue weighted by atomic mass is 16.4. The highest BCUT2D eigenvalue weighted by molar-refractivity contribution is 5.87. The Kier molecular flexibility index (Phi) is 5.07. The Morgan fingerprint density at radius 3 is 2.94 bits per heavy atom. The minimum Gasteiger partial charge on any atom is -0.481 e. The third kappa shape index (κ3) is 4.03. The predicted molar refractivity (Wildman–Crippen MR) is 59.2 cm³/mol. The van der Waals surface area contributed by atoms with Crippen molar-refractivity contribution < 1.29 is 19.5 Å². The lowest BCUT2D eigenvalue weighted by Gasteiger charge is -2.33. The number of aliphatic carboxylic acids is 1. The zero-order valence-corrected chi connectivity index (χ0v) is 9.68. The van der Waals surface area contributed by atoms with E-state index in [2.05, 4.69) is 10.6 Å². The molecule has 0 aromatic rings. The summed E-state index contributed by atoms with van der Waals surface area (Å²) in [6, 6.07) is 0.921. The van der Waals surface area contributed by atoms with Crippen LogP contribution < -0.4 is 10.6 Å². The van der Waals surface area contributed by atoms with Gasteiger partial charge in [0.05, 0.1) is 19.0 Å². The Labute approximate surface area is 104 Å². The topological polar surface area (TPSA) is 123 Å². The molecule has 18 heavy (non-hydrogen) atoms. The van der Waals surface area contributed by atoms with E-state index < -0.39 is 23.8 Å². The second-order valence-electron chi connectivity index (χ2n) is 3.81. The molecule has 2 amide bonds. The largest absolute Gasteiger partial charge is 0.481 e. The number of nitrogens with zero attached hydrogens (tertiary/aromatic N) is 2. The van der Waals surface area contributed by atoms with Gasteiger partial charge in [0, 0.05) is 13.1 Å². The van der Waals surface area contributed by atoms with Crippen LogP contribution in [0.25, 0.3) is 0 Å². The molecule has 0 aromatic carbocycles. The first kappa shape index (κ1) is 13.9. The second kappa shape index (κ2) is 6.56. The van der Waals surface area contributed by atoms with E-state index in [0.29, 0.717) is 13.1 Å². The maximum atomic E-state index is 11.5. The number of hydrogen-bond acceptors (Lipinski definition) is 5. The molecule has 1 saturated heterocycles. The summed E-state index contributed by atoms with van der Waals surface area (Å²) in [7, 11) is 0. The molecule has 0 aromatic heterocycles. The molecule has 8 nitrogen and oxygen atoms in total. The average Bonchev–Trinajstić information content (AvgIpc) is 2.30. The zero-order chi connectivity index (χ0) is 13.5. The molecule has 8 heteroatoms. The van der Waals surface area contributed by atoms with Crippen LogP contribution in [0.4, 0.5) is 0 Å². The summed E-state index contributed by atoms with van der Waals surface area (Å²) in [6.07, 6.45) is -0.350. The fraction of sp³-hybridized carbons (Fsp3) is 0.600. The first-order valence-electron chi connectivity index (χ1n) is 5.41. The molecule has 0 bridgehead atoms. The van der Waals surface area contributed by atoms with Gasteiger partial charge in [-0.1, -0.05) is 0 Å². The van der Waals surface area contributed by atoms with E-state index in [1.54, 1.807) is 6.07 Å². The number of nitrogens with one attached hydrogen (secondary N) is 2. The van der Waals surface area contributed by atoms with Gasteiger partial charge in [0.1, 0.15) is 12.6 Å². The smallest absolute Gasteiger partial charge is 0.305 e. The highest BCUT2D eigenvalue weighted by Gasteiger charge is 2.32. The van der Waals surface area contributed by atoms with Gasteiger partial charge in [-0.25, -0.2) is 0 Å². The Morgan fingerprint density at radius 2 is 2.33 bits per heavy atom. The third-order valence-electron chi connectivity index (χ3n) is 2.52. The Hall–Kier alpha value is -2.14. The first-order valence-corrected chi connectivity index (χ1v) is 5.41. The van der Waals surface area contributed by atoms with Crippen molar-refractivity contribution in [1.82, 2.24) is 15.5 Å². The van der Waals surface area contributed by atoms with Gasteiger partial charge >= 0.3 is 5.97 Å². The number of hydrogen-bond donors (Lipinski definition) is 3. The maximum absolute atomic E-state index is 11.5. The summed E-state index contributed by atoms with van der Waals surface area (Å²) >= 11 is 0. The Bertz CT molecular complexity index is 390. The van der Waals surface area contributed by atoms with Crippen LogP contribution in [0.2, 0.25) is 0 Å². The van der Waals surface area contributed by atoms with Gasteiger partial charge in [0.15, 0.2) is 0 Å². The standard InChI is InChI=1S/C10H14N4O4/c11-1-2-12-8(15)6-14-4-3-13-10(18)7(14)5-9(16)17/h7H,2-6H2,(H,12,15)(H,13,18)(H,16,17). The maximum Gasteiger partial charge on any atom is 0.305 e. The molecule has 0 saturated carbocycles. The molecular formula is C10H14N4O4. The molecular weight excluding hydrogens is 240 g/mol. The number of amides is 2. The van der Waals surface area contributed by atoms with E-state index in [0.717, 1.165) is 0 Å². The van der Waals surface area contributed by atoms with Gasteiger partial charge in [-0.3, -0.25) is 19.3 Å². The summed E-state index contributed by atoms with van der Waals surface area (Å²) in [6.45, 7) is 0.583. The van der Waals surface area contributed by atoms with Crippen molar-refractivity contribution >= 4 is 17.8 Å². The fourth-order valence-corrected chi connectivity index (χ4v) is 1.72. The molecule has 98 valence electrons. The molecule has 3 N–H and O–H groups in total. The Balaban J connectivity index is 2.59. The Morgan fingerprint density at radius 1 is 1.61 bits per heavy atom. The summed E-state index contributed by atoms with van der Waals surface area (Å²) in [5.74, 6) is -1.89. The monoisotopic (exact) mass is 254 g/mol. The van der Waals surface area contributed by atoms with E-state index in [1.807, 2.05) is 0 Å². The van der Waals surface area contributed by atoms with Gasteiger partial charge < -0.3 is 15.7 Å². The zero-order valence-electron chi connectivity index (χ0n) is 9.68. The molecule has 1 aliphatic heterocycles. The van der Waals surface area contributed by atoms with Crippen LogP contribution in [-0.2, 0) is 14.4 Å². The molecule has 1 unspecified atom stereocenters. The molecule has 1 fully saturated rings. The van der Waals surface area contributed by atoms with Crippen molar-refractivity contribution in [3.63, 3.8) is 0 Å².